The minimum Gasteiger partial charge on any atom is -0.482 e. The molecule has 1 aromatic heterocycles. The highest BCUT2D eigenvalue weighted by Gasteiger charge is 2.21. The van der Waals surface area contributed by atoms with Crippen LogP contribution in [0.15, 0.2) is 12.1 Å². The topological polar surface area (TPSA) is 14.2 Å². The molecule has 0 N–H and O–H groups in total. The summed E-state index contributed by atoms with van der Waals surface area (Å²) in [6.45, 7) is 2.27. The summed E-state index contributed by atoms with van der Waals surface area (Å²) in [4.78, 5) is 0. The molecule has 1 atom stereocenters. The van der Waals surface area contributed by atoms with Crippen LogP contribution < -0.4 is 4.74 Å². The molecule has 0 fully saturated rings. The van der Waals surface area contributed by atoms with E-state index in [0.717, 1.165) is 5.88 Å². The number of hydrogen-bond acceptors (Lipinski definition) is 1. The zero-order valence-corrected chi connectivity index (χ0v) is 11.2. The second kappa shape index (κ2) is 6.13. The molecule has 0 amide bonds. The smallest absolute Gasteiger partial charge is 0.193 e. The van der Waals surface area contributed by atoms with Gasteiger partial charge >= 0.3 is 0 Å². The molecule has 96 valence electrons. The third-order valence-electron chi connectivity index (χ3n) is 3.90. The maximum absolute atomic E-state index is 5.47. The molecule has 0 saturated heterocycles. The van der Waals surface area contributed by atoms with E-state index in [1.165, 1.54) is 57.1 Å². The highest BCUT2D eigenvalue weighted by Crippen LogP contribution is 2.34. The molecular weight excluding hydrogens is 210 g/mol. The summed E-state index contributed by atoms with van der Waals surface area (Å²) >= 11 is 0. The lowest BCUT2D eigenvalue weighted by Gasteiger charge is -2.27. The van der Waals surface area contributed by atoms with Crippen molar-refractivity contribution >= 4 is 0 Å². The van der Waals surface area contributed by atoms with E-state index in [4.69, 9.17) is 4.74 Å². The highest BCUT2D eigenvalue weighted by molar-refractivity contribution is 5.24. The molecule has 1 aliphatic heterocycles. The van der Waals surface area contributed by atoms with Crippen LogP contribution in [0.4, 0.5) is 0 Å². The third-order valence-corrected chi connectivity index (χ3v) is 3.90. The third kappa shape index (κ3) is 2.85. The molecule has 2 heterocycles. The molecular formula is C15H25NO. The molecule has 0 radical (unpaired) electrons. The maximum Gasteiger partial charge on any atom is 0.193 e. The maximum atomic E-state index is 5.47. The molecule has 0 aliphatic carbocycles. The Balaban J connectivity index is 1.98. The molecule has 2 heteroatoms. The number of nitrogens with zero attached hydrogens (tertiary/aromatic N) is 1. The van der Waals surface area contributed by atoms with E-state index in [1.807, 2.05) is 0 Å². The van der Waals surface area contributed by atoms with E-state index in [0.29, 0.717) is 6.04 Å². The van der Waals surface area contributed by atoms with Crippen molar-refractivity contribution in [3.05, 3.63) is 17.8 Å². The molecule has 0 aromatic carbocycles. The Morgan fingerprint density at radius 3 is 2.94 bits per heavy atom. The minimum absolute atomic E-state index is 0.681. The number of ether oxygens (including phenoxy) is 1. The number of hydrogen-bond donors (Lipinski definition) is 0. The summed E-state index contributed by atoms with van der Waals surface area (Å²) in [5, 5.41) is 0. The number of fused-ring (bicyclic) bond motifs is 1. The van der Waals surface area contributed by atoms with Crippen LogP contribution in [-0.4, -0.2) is 11.7 Å². The summed E-state index contributed by atoms with van der Waals surface area (Å²) in [6.07, 6.45) is 10.6. The van der Waals surface area contributed by atoms with Crippen LogP contribution in [0.5, 0.6) is 5.88 Å². The monoisotopic (exact) mass is 235 g/mol. The average molecular weight is 235 g/mol. The van der Waals surface area contributed by atoms with Gasteiger partial charge in [0.05, 0.1) is 7.11 Å². The van der Waals surface area contributed by atoms with Crippen LogP contribution in [0.25, 0.3) is 0 Å². The first kappa shape index (κ1) is 12.5. The Bertz CT molecular complexity index is 329. The lowest BCUT2D eigenvalue weighted by molar-refractivity contribution is 0.302. The van der Waals surface area contributed by atoms with Crippen molar-refractivity contribution in [1.82, 2.24) is 4.57 Å². The van der Waals surface area contributed by atoms with Gasteiger partial charge in [0.1, 0.15) is 0 Å². The van der Waals surface area contributed by atoms with Crippen molar-refractivity contribution in [1.29, 1.82) is 0 Å². The average Bonchev–Trinajstić information content (AvgIpc) is 2.78. The molecule has 1 aromatic rings. The Labute approximate surface area is 105 Å². The van der Waals surface area contributed by atoms with Crippen molar-refractivity contribution in [2.45, 2.75) is 64.3 Å². The lowest BCUT2D eigenvalue weighted by atomic mass is 9.97. The lowest BCUT2D eigenvalue weighted by Crippen LogP contribution is -2.18. The first-order valence-electron chi connectivity index (χ1n) is 7.11. The summed E-state index contributed by atoms with van der Waals surface area (Å²) < 4.78 is 7.91. The second-order valence-corrected chi connectivity index (χ2v) is 5.13. The van der Waals surface area contributed by atoms with Crippen LogP contribution in [0.1, 0.15) is 63.6 Å². The Morgan fingerprint density at radius 2 is 2.18 bits per heavy atom. The summed E-state index contributed by atoms with van der Waals surface area (Å²) in [5.41, 5.74) is 1.47. The molecule has 1 unspecified atom stereocenters. The van der Waals surface area contributed by atoms with E-state index in [1.54, 1.807) is 7.11 Å². The van der Waals surface area contributed by atoms with Crippen LogP contribution in [0.2, 0.25) is 0 Å². The van der Waals surface area contributed by atoms with Gasteiger partial charge in [0.15, 0.2) is 5.88 Å². The van der Waals surface area contributed by atoms with Gasteiger partial charge in [0, 0.05) is 17.8 Å². The van der Waals surface area contributed by atoms with Crippen molar-refractivity contribution < 1.29 is 4.74 Å². The Kier molecular flexibility index (Phi) is 4.52. The van der Waals surface area contributed by atoms with Crippen LogP contribution in [-0.2, 0) is 6.42 Å². The highest BCUT2D eigenvalue weighted by atomic mass is 16.5. The summed E-state index contributed by atoms with van der Waals surface area (Å²) in [6, 6.07) is 5.04. The van der Waals surface area contributed by atoms with Crippen molar-refractivity contribution in [3.8, 4) is 5.88 Å². The molecule has 0 spiro atoms. The fourth-order valence-corrected chi connectivity index (χ4v) is 2.98. The fraction of sp³-hybridized carbons (Fsp3) is 0.733. The second-order valence-electron chi connectivity index (χ2n) is 5.13. The number of rotatable bonds is 6. The molecule has 2 rings (SSSR count). The minimum atomic E-state index is 0.681. The van der Waals surface area contributed by atoms with E-state index >= 15 is 0 Å². The zero-order valence-electron chi connectivity index (χ0n) is 11.2. The van der Waals surface area contributed by atoms with Gasteiger partial charge < -0.3 is 9.30 Å². The fourth-order valence-electron chi connectivity index (χ4n) is 2.98. The van der Waals surface area contributed by atoms with Crippen molar-refractivity contribution in [3.63, 3.8) is 0 Å². The van der Waals surface area contributed by atoms with Gasteiger partial charge in [-0.15, -0.1) is 0 Å². The first-order chi connectivity index (χ1) is 8.36. The summed E-state index contributed by atoms with van der Waals surface area (Å²) in [5.74, 6) is 1.06. The van der Waals surface area contributed by atoms with Gasteiger partial charge in [-0.25, -0.2) is 0 Å². The Hall–Kier alpha value is -0.920. The first-order valence-corrected chi connectivity index (χ1v) is 7.11. The van der Waals surface area contributed by atoms with Gasteiger partial charge in [-0.1, -0.05) is 32.6 Å². The van der Waals surface area contributed by atoms with Crippen LogP contribution in [0.3, 0.4) is 0 Å². The van der Waals surface area contributed by atoms with Crippen molar-refractivity contribution in [2.24, 2.45) is 0 Å². The van der Waals surface area contributed by atoms with E-state index in [2.05, 4.69) is 23.6 Å². The van der Waals surface area contributed by atoms with E-state index < -0.39 is 0 Å². The van der Waals surface area contributed by atoms with Gasteiger partial charge in [-0.05, 0) is 31.7 Å². The molecule has 1 aliphatic rings. The SMILES string of the molecule is CCCCCCC1CCCc2ccc(OC)n21. The molecule has 0 bridgehead atoms. The van der Waals surface area contributed by atoms with E-state index in [-0.39, 0.29) is 0 Å². The van der Waals surface area contributed by atoms with Crippen LogP contribution >= 0.6 is 0 Å². The van der Waals surface area contributed by atoms with Gasteiger partial charge in [0.25, 0.3) is 0 Å². The van der Waals surface area contributed by atoms with E-state index in [9.17, 15) is 0 Å². The largest absolute Gasteiger partial charge is 0.482 e. The van der Waals surface area contributed by atoms with Gasteiger partial charge in [-0.2, -0.15) is 0 Å². The zero-order chi connectivity index (χ0) is 12.1. The predicted octanol–water partition coefficient (Wildman–Crippen LogP) is 4.34. The standard InChI is InChI=1S/C15H25NO/c1-3-4-5-6-8-13-9-7-10-14-11-12-15(17-2)16(13)14/h11-13H,3-10H2,1-2H3. The quantitative estimate of drug-likeness (QED) is 0.669. The molecule has 2 nitrogen and oxygen atoms in total. The number of aromatic nitrogens is 1. The Morgan fingerprint density at radius 1 is 1.29 bits per heavy atom. The number of unbranched alkanes of at least 4 members (excludes halogenated alkanes) is 3. The van der Waals surface area contributed by atoms with Crippen LogP contribution in [0, 0.1) is 0 Å². The van der Waals surface area contributed by atoms with Gasteiger partial charge in [-0.3, -0.25) is 0 Å². The normalized spacial score (nSPS) is 19.1. The molecule has 17 heavy (non-hydrogen) atoms. The summed E-state index contributed by atoms with van der Waals surface area (Å²) in [7, 11) is 1.78. The predicted molar refractivity (Wildman–Crippen MR) is 71.7 cm³/mol. The number of aryl methyl sites for hydroxylation is 1. The van der Waals surface area contributed by atoms with Crippen molar-refractivity contribution in [2.75, 3.05) is 7.11 Å². The number of methoxy groups -OCH3 is 1. The van der Waals surface area contributed by atoms with Gasteiger partial charge in [0.2, 0.25) is 0 Å². The molecule has 0 saturated carbocycles.